The fourth-order valence-corrected chi connectivity index (χ4v) is 3.25. The summed E-state index contributed by atoms with van der Waals surface area (Å²) in [5, 5.41) is 7.89. The van der Waals surface area contributed by atoms with Crippen molar-refractivity contribution in [3.05, 3.63) is 48.5 Å². The van der Waals surface area contributed by atoms with Crippen LogP contribution in [0.3, 0.4) is 0 Å². The summed E-state index contributed by atoms with van der Waals surface area (Å²) in [4.78, 5) is 36.0. The van der Waals surface area contributed by atoms with E-state index in [0.29, 0.717) is 23.7 Å². The molecule has 154 valence electrons. The van der Waals surface area contributed by atoms with Gasteiger partial charge in [0.05, 0.1) is 5.25 Å². The number of hydrogen-bond donors (Lipinski definition) is 3. The van der Waals surface area contributed by atoms with E-state index in [-0.39, 0.29) is 29.6 Å². The number of thioether (sulfide) groups is 1. The molecule has 0 radical (unpaired) electrons. The molecular formula is C21H25N3O4S. The fraction of sp³-hybridized carbons (Fsp3) is 0.286. The average Bonchev–Trinajstić information content (AvgIpc) is 2.68. The normalized spacial score (nSPS) is 11.3. The molecular weight excluding hydrogens is 390 g/mol. The van der Waals surface area contributed by atoms with Gasteiger partial charge in [-0.15, -0.1) is 11.8 Å². The molecule has 0 bridgehead atoms. The van der Waals surface area contributed by atoms with Crippen LogP contribution in [0.1, 0.15) is 20.8 Å². The third kappa shape index (κ3) is 7.87. The highest BCUT2D eigenvalue weighted by Gasteiger charge is 2.15. The van der Waals surface area contributed by atoms with E-state index in [1.165, 1.54) is 18.7 Å². The van der Waals surface area contributed by atoms with E-state index < -0.39 is 0 Å². The first-order valence-electron chi connectivity index (χ1n) is 9.22. The molecule has 0 saturated carbocycles. The summed E-state index contributed by atoms with van der Waals surface area (Å²) >= 11 is 1.41. The zero-order chi connectivity index (χ0) is 21.2. The largest absolute Gasteiger partial charge is 0.484 e. The molecule has 2 rings (SSSR count). The van der Waals surface area contributed by atoms with Gasteiger partial charge < -0.3 is 20.7 Å². The Labute approximate surface area is 174 Å². The SMILES string of the molecule is CCNC(=O)COc1cccc(NC(=O)C(C)Sc2ccc(NC(C)=O)cc2)c1. The molecule has 7 nitrogen and oxygen atoms in total. The Morgan fingerprint density at radius 1 is 1.03 bits per heavy atom. The van der Waals surface area contributed by atoms with E-state index in [1.54, 1.807) is 36.4 Å². The van der Waals surface area contributed by atoms with E-state index in [1.807, 2.05) is 26.0 Å². The van der Waals surface area contributed by atoms with E-state index in [4.69, 9.17) is 4.74 Å². The van der Waals surface area contributed by atoms with Crippen LogP contribution in [-0.2, 0) is 14.4 Å². The molecule has 1 unspecified atom stereocenters. The number of hydrogen-bond acceptors (Lipinski definition) is 5. The molecule has 0 fully saturated rings. The summed E-state index contributed by atoms with van der Waals surface area (Å²) in [6.45, 7) is 5.58. The predicted molar refractivity (Wildman–Crippen MR) is 115 cm³/mol. The van der Waals surface area contributed by atoms with Gasteiger partial charge >= 0.3 is 0 Å². The van der Waals surface area contributed by atoms with Crippen LogP contribution in [0.15, 0.2) is 53.4 Å². The van der Waals surface area contributed by atoms with Crippen LogP contribution in [0.2, 0.25) is 0 Å². The number of anilines is 2. The van der Waals surface area contributed by atoms with Crippen LogP contribution >= 0.6 is 11.8 Å². The predicted octanol–water partition coefficient (Wildman–Crippen LogP) is 3.28. The van der Waals surface area contributed by atoms with Crippen molar-refractivity contribution in [3.63, 3.8) is 0 Å². The van der Waals surface area contributed by atoms with Gasteiger partial charge in [0.25, 0.3) is 5.91 Å². The number of likely N-dealkylation sites (N-methyl/N-ethyl adjacent to an activating group) is 1. The first-order valence-corrected chi connectivity index (χ1v) is 10.1. The second-order valence-corrected chi connectivity index (χ2v) is 7.64. The smallest absolute Gasteiger partial charge is 0.257 e. The standard InChI is InChI=1S/C21H25N3O4S/c1-4-22-20(26)13-28-18-7-5-6-17(12-18)24-21(27)14(2)29-19-10-8-16(9-11-19)23-15(3)25/h5-12,14H,4,13H2,1-3H3,(H,22,26)(H,23,25)(H,24,27). The molecule has 3 N–H and O–H groups in total. The van der Waals surface area contributed by atoms with Crippen LogP contribution < -0.4 is 20.7 Å². The third-order valence-electron chi connectivity index (χ3n) is 3.70. The van der Waals surface area contributed by atoms with Gasteiger partial charge in [0, 0.05) is 35.8 Å². The van der Waals surface area contributed by atoms with Crippen LogP contribution in [0.5, 0.6) is 5.75 Å². The maximum Gasteiger partial charge on any atom is 0.257 e. The lowest BCUT2D eigenvalue weighted by Crippen LogP contribution is -2.28. The summed E-state index contributed by atoms with van der Waals surface area (Å²) < 4.78 is 5.44. The number of nitrogens with one attached hydrogen (secondary N) is 3. The molecule has 2 aromatic rings. The number of carbonyl (C=O) groups excluding carboxylic acids is 3. The van der Waals surface area contributed by atoms with Crippen LogP contribution in [0, 0.1) is 0 Å². The van der Waals surface area contributed by atoms with Gasteiger partial charge in [-0.2, -0.15) is 0 Å². The van der Waals surface area contributed by atoms with Crippen molar-refractivity contribution in [1.29, 1.82) is 0 Å². The van der Waals surface area contributed by atoms with Crippen molar-refractivity contribution < 1.29 is 19.1 Å². The first kappa shape index (κ1) is 22.3. The van der Waals surface area contributed by atoms with Gasteiger partial charge in [-0.25, -0.2) is 0 Å². The topological polar surface area (TPSA) is 96.5 Å². The number of ether oxygens (including phenoxy) is 1. The molecule has 29 heavy (non-hydrogen) atoms. The van der Waals surface area contributed by atoms with Gasteiger partial charge in [-0.3, -0.25) is 14.4 Å². The summed E-state index contributed by atoms with van der Waals surface area (Å²) in [5.74, 6) is 0.0246. The van der Waals surface area contributed by atoms with E-state index in [0.717, 1.165) is 4.90 Å². The Morgan fingerprint density at radius 3 is 2.41 bits per heavy atom. The Balaban J connectivity index is 1.89. The summed E-state index contributed by atoms with van der Waals surface area (Å²) in [7, 11) is 0. The molecule has 0 aliphatic rings. The van der Waals surface area contributed by atoms with Crippen molar-refractivity contribution in [2.75, 3.05) is 23.8 Å². The Morgan fingerprint density at radius 2 is 1.76 bits per heavy atom. The van der Waals surface area contributed by atoms with Crippen molar-refractivity contribution in [1.82, 2.24) is 5.32 Å². The average molecular weight is 416 g/mol. The second kappa shape index (κ2) is 11.1. The number of benzene rings is 2. The van der Waals surface area contributed by atoms with Crippen LogP contribution in [0.4, 0.5) is 11.4 Å². The van der Waals surface area contributed by atoms with Crippen molar-refractivity contribution in [2.45, 2.75) is 30.9 Å². The number of carbonyl (C=O) groups is 3. The molecule has 0 aliphatic carbocycles. The number of rotatable bonds is 9. The zero-order valence-electron chi connectivity index (χ0n) is 16.7. The second-order valence-electron chi connectivity index (χ2n) is 6.22. The van der Waals surface area contributed by atoms with Crippen molar-refractivity contribution in [2.24, 2.45) is 0 Å². The molecule has 0 spiro atoms. The monoisotopic (exact) mass is 415 g/mol. The minimum Gasteiger partial charge on any atom is -0.484 e. The van der Waals surface area contributed by atoms with Crippen LogP contribution in [-0.4, -0.2) is 36.1 Å². The Kier molecular flexibility index (Phi) is 8.54. The first-order chi connectivity index (χ1) is 13.9. The quantitative estimate of drug-likeness (QED) is 0.546. The minimum atomic E-state index is -0.332. The molecule has 8 heteroatoms. The summed E-state index contributed by atoms with van der Waals surface area (Å²) in [6, 6.07) is 14.2. The molecule has 0 heterocycles. The molecule has 3 amide bonds. The van der Waals surface area contributed by atoms with E-state index in [2.05, 4.69) is 16.0 Å². The van der Waals surface area contributed by atoms with Gasteiger partial charge in [-0.1, -0.05) is 6.07 Å². The van der Waals surface area contributed by atoms with Crippen molar-refractivity contribution >= 4 is 40.9 Å². The Hall–Kier alpha value is -3.00. The highest BCUT2D eigenvalue weighted by atomic mass is 32.2. The molecule has 0 aliphatic heterocycles. The number of amides is 3. The van der Waals surface area contributed by atoms with Gasteiger partial charge in [0.15, 0.2) is 6.61 Å². The molecule has 1 atom stereocenters. The maximum atomic E-state index is 12.5. The fourth-order valence-electron chi connectivity index (χ4n) is 2.38. The van der Waals surface area contributed by atoms with Crippen LogP contribution in [0.25, 0.3) is 0 Å². The maximum absolute atomic E-state index is 12.5. The highest BCUT2D eigenvalue weighted by molar-refractivity contribution is 8.00. The van der Waals surface area contributed by atoms with E-state index >= 15 is 0 Å². The molecule has 0 saturated heterocycles. The lowest BCUT2D eigenvalue weighted by atomic mass is 10.3. The van der Waals surface area contributed by atoms with Gasteiger partial charge in [0.1, 0.15) is 5.75 Å². The minimum absolute atomic E-state index is 0.0774. The third-order valence-corrected chi connectivity index (χ3v) is 4.81. The Bertz CT molecular complexity index is 855. The van der Waals surface area contributed by atoms with Gasteiger partial charge in [-0.05, 0) is 50.2 Å². The molecule has 0 aromatic heterocycles. The zero-order valence-corrected chi connectivity index (χ0v) is 17.5. The highest BCUT2D eigenvalue weighted by Crippen LogP contribution is 2.26. The summed E-state index contributed by atoms with van der Waals surface area (Å²) in [5.41, 5.74) is 1.31. The molecule has 2 aromatic carbocycles. The lowest BCUT2D eigenvalue weighted by Gasteiger charge is -2.13. The lowest BCUT2D eigenvalue weighted by molar-refractivity contribution is -0.123. The van der Waals surface area contributed by atoms with Gasteiger partial charge in [0.2, 0.25) is 11.8 Å². The van der Waals surface area contributed by atoms with E-state index in [9.17, 15) is 14.4 Å². The summed E-state index contributed by atoms with van der Waals surface area (Å²) in [6.07, 6.45) is 0. The van der Waals surface area contributed by atoms with Crippen molar-refractivity contribution in [3.8, 4) is 5.75 Å².